The molecule has 1 amide bonds. The van der Waals surface area contributed by atoms with Crippen molar-refractivity contribution >= 4 is 35.0 Å². The zero-order chi connectivity index (χ0) is 16.2. The number of nitrogens with zero attached hydrogens (tertiary/aromatic N) is 3. The summed E-state index contributed by atoms with van der Waals surface area (Å²) in [5, 5.41) is 3.27. The third kappa shape index (κ3) is 3.90. The Morgan fingerprint density at radius 2 is 2.09 bits per heavy atom. The molecule has 3 N–H and O–H groups in total. The quantitative estimate of drug-likeness (QED) is 0.844. The van der Waals surface area contributed by atoms with Gasteiger partial charge in [-0.25, -0.2) is 4.98 Å². The molecule has 120 valence electrons. The van der Waals surface area contributed by atoms with E-state index in [9.17, 15) is 4.79 Å². The predicted octanol–water partition coefficient (Wildman–Crippen LogP) is 2.57. The van der Waals surface area contributed by atoms with Crippen molar-refractivity contribution in [2.75, 3.05) is 29.0 Å². The lowest BCUT2D eigenvalue weighted by Gasteiger charge is -2.32. The highest BCUT2D eigenvalue weighted by Gasteiger charge is 2.27. The Morgan fingerprint density at radius 1 is 1.30 bits per heavy atom. The van der Waals surface area contributed by atoms with Gasteiger partial charge in [-0.2, -0.15) is 4.98 Å². The highest BCUT2D eigenvalue weighted by Crippen LogP contribution is 2.24. The van der Waals surface area contributed by atoms with Crippen molar-refractivity contribution in [2.45, 2.75) is 12.8 Å². The average Bonchev–Trinajstić information content (AvgIpc) is 2.55. The number of nitrogens with two attached hydrogens (primary N) is 1. The van der Waals surface area contributed by atoms with Gasteiger partial charge in [-0.3, -0.25) is 4.79 Å². The molecule has 0 saturated carbocycles. The molecule has 2 aromatic rings. The second kappa shape index (κ2) is 6.83. The van der Waals surface area contributed by atoms with Crippen molar-refractivity contribution in [3.05, 3.63) is 41.6 Å². The van der Waals surface area contributed by atoms with Gasteiger partial charge in [0.25, 0.3) is 0 Å². The second-order valence-corrected chi connectivity index (χ2v) is 5.93. The zero-order valence-corrected chi connectivity index (χ0v) is 13.3. The molecular formula is C16H18ClN5O. The number of para-hydroxylation sites is 1. The van der Waals surface area contributed by atoms with Gasteiger partial charge in [-0.1, -0.05) is 29.8 Å². The van der Waals surface area contributed by atoms with E-state index in [2.05, 4.69) is 15.3 Å². The van der Waals surface area contributed by atoms with E-state index in [-0.39, 0.29) is 17.8 Å². The fourth-order valence-electron chi connectivity index (χ4n) is 2.75. The number of anilines is 3. The lowest BCUT2D eigenvalue weighted by molar-refractivity contribution is -0.120. The van der Waals surface area contributed by atoms with Crippen molar-refractivity contribution in [1.29, 1.82) is 0 Å². The molecule has 7 heteroatoms. The van der Waals surface area contributed by atoms with Gasteiger partial charge in [-0.15, -0.1) is 0 Å². The maximum atomic E-state index is 12.5. The molecule has 1 fully saturated rings. The molecule has 1 aliphatic rings. The van der Waals surface area contributed by atoms with Crippen LogP contribution in [0, 0.1) is 5.92 Å². The number of nitrogen functional groups attached to an aromatic ring is 1. The van der Waals surface area contributed by atoms with Crippen molar-refractivity contribution in [1.82, 2.24) is 9.97 Å². The van der Waals surface area contributed by atoms with Crippen LogP contribution in [0.3, 0.4) is 0 Å². The Kier molecular flexibility index (Phi) is 4.62. The highest BCUT2D eigenvalue weighted by molar-refractivity contribution is 6.29. The Morgan fingerprint density at radius 3 is 2.83 bits per heavy atom. The van der Waals surface area contributed by atoms with E-state index in [0.29, 0.717) is 17.5 Å². The molecule has 0 radical (unpaired) electrons. The SMILES string of the molecule is Nc1nc(Cl)cc(N2CCC[C@H](C(=O)Nc3ccccc3)C2)n1. The molecule has 1 aliphatic heterocycles. The maximum absolute atomic E-state index is 12.5. The standard InChI is InChI=1S/C16H18ClN5O/c17-13-9-14(21-16(18)20-13)22-8-4-5-11(10-22)15(23)19-12-6-2-1-3-7-12/h1-3,6-7,9,11H,4-5,8,10H2,(H,19,23)(H2,18,20,21)/t11-/m0/s1. The molecule has 0 bridgehead atoms. The Hall–Kier alpha value is -2.34. The molecular weight excluding hydrogens is 314 g/mol. The van der Waals surface area contributed by atoms with E-state index in [4.69, 9.17) is 17.3 Å². The number of hydrogen-bond acceptors (Lipinski definition) is 5. The van der Waals surface area contributed by atoms with Crippen LogP contribution in [0.5, 0.6) is 0 Å². The summed E-state index contributed by atoms with van der Waals surface area (Å²) in [5.74, 6) is 0.732. The number of aromatic nitrogens is 2. The normalized spacial score (nSPS) is 17.8. The monoisotopic (exact) mass is 331 g/mol. The fourth-order valence-corrected chi connectivity index (χ4v) is 2.93. The van der Waals surface area contributed by atoms with E-state index >= 15 is 0 Å². The van der Waals surface area contributed by atoms with Crippen LogP contribution < -0.4 is 16.0 Å². The molecule has 1 saturated heterocycles. The van der Waals surface area contributed by atoms with Crippen LogP contribution in [0.25, 0.3) is 0 Å². The third-order valence-corrected chi connectivity index (χ3v) is 4.05. The van der Waals surface area contributed by atoms with Crippen molar-refractivity contribution < 1.29 is 4.79 Å². The number of amides is 1. The first-order chi connectivity index (χ1) is 11.1. The molecule has 2 heterocycles. The van der Waals surface area contributed by atoms with Crippen LogP contribution in [-0.4, -0.2) is 29.0 Å². The van der Waals surface area contributed by atoms with Gasteiger partial charge < -0.3 is 16.0 Å². The highest BCUT2D eigenvalue weighted by atomic mass is 35.5. The number of benzene rings is 1. The molecule has 1 atom stereocenters. The summed E-state index contributed by atoms with van der Waals surface area (Å²) >= 11 is 5.94. The van der Waals surface area contributed by atoms with E-state index in [1.165, 1.54) is 0 Å². The van der Waals surface area contributed by atoms with Gasteiger partial charge in [0.1, 0.15) is 11.0 Å². The van der Waals surface area contributed by atoms with Crippen LogP contribution in [0.1, 0.15) is 12.8 Å². The summed E-state index contributed by atoms with van der Waals surface area (Å²) in [7, 11) is 0. The minimum Gasteiger partial charge on any atom is -0.368 e. The first kappa shape index (κ1) is 15.6. The first-order valence-corrected chi connectivity index (χ1v) is 7.90. The molecule has 1 aromatic carbocycles. The van der Waals surface area contributed by atoms with Crippen LogP contribution in [0.15, 0.2) is 36.4 Å². The largest absolute Gasteiger partial charge is 0.368 e. The van der Waals surface area contributed by atoms with Crippen LogP contribution in [0.2, 0.25) is 5.15 Å². The summed E-state index contributed by atoms with van der Waals surface area (Å²) in [4.78, 5) is 22.6. The van der Waals surface area contributed by atoms with Crippen molar-refractivity contribution in [3.63, 3.8) is 0 Å². The summed E-state index contributed by atoms with van der Waals surface area (Å²) in [6, 6.07) is 11.1. The molecule has 1 aromatic heterocycles. The first-order valence-electron chi connectivity index (χ1n) is 7.53. The summed E-state index contributed by atoms with van der Waals surface area (Å²) in [6.45, 7) is 1.41. The summed E-state index contributed by atoms with van der Waals surface area (Å²) in [5.41, 5.74) is 6.46. The van der Waals surface area contributed by atoms with Crippen LogP contribution in [-0.2, 0) is 4.79 Å². The topological polar surface area (TPSA) is 84.1 Å². The maximum Gasteiger partial charge on any atom is 0.229 e. The van der Waals surface area contributed by atoms with Crippen molar-refractivity contribution in [2.24, 2.45) is 5.92 Å². The van der Waals surface area contributed by atoms with Gasteiger partial charge >= 0.3 is 0 Å². The molecule has 0 aliphatic carbocycles. The smallest absolute Gasteiger partial charge is 0.229 e. The Labute approximate surface area is 139 Å². The van der Waals surface area contributed by atoms with Gasteiger partial charge in [0.15, 0.2) is 0 Å². The number of hydrogen-bond donors (Lipinski definition) is 2. The van der Waals surface area contributed by atoms with Gasteiger partial charge in [0.05, 0.1) is 5.92 Å². The summed E-state index contributed by atoms with van der Waals surface area (Å²) in [6.07, 6.45) is 1.76. The third-order valence-electron chi connectivity index (χ3n) is 3.86. The number of piperidine rings is 1. The number of carbonyl (C=O) groups is 1. The molecule has 0 unspecified atom stereocenters. The van der Waals surface area contributed by atoms with E-state index in [1.54, 1.807) is 6.07 Å². The number of rotatable bonds is 3. The zero-order valence-electron chi connectivity index (χ0n) is 12.6. The van der Waals surface area contributed by atoms with Gasteiger partial charge in [0.2, 0.25) is 11.9 Å². The average molecular weight is 332 g/mol. The molecule has 23 heavy (non-hydrogen) atoms. The number of carbonyl (C=O) groups excluding carboxylic acids is 1. The lowest BCUT2D eigenvalue weighted by atomic mass is 9.97. The second-order valence-electron chi connectivity index (χ2n) is 5.55. The summed E-state index contributed by atoms with van der Waals surface area (Å²) < 4.78 is 0. The fraction of sp³-hybridized carbons (Fsp3) is 0.312. The molecule has 3 rings (SSSR count). The van der Waals surface area contributed by atoms with E-state index < -0.39 is 0 Å². The van der Waals surface area contributed by atoms with E-state index in [0.717, 1.165) is 25.1 Å². The molecule has 6 nitrogen and oxygen atoms in total. The lowest BCUT2D eigenvalue weighted by Crippen LogP contribution is -2.41. The van der Waals surface area contributed by atoms with Crippen molar-refractivity contribution in [3.8, 4) is 0 Å². The number of nitrogens with one attached hydrogen (secondary N) is 1. The van der Waals surface area contributed by atoms with E-state index in [1.807, 2.05) is 35.2 Å². The minimum absolute atomic E-state index is 0.0222. The minimum atomic E-state index is -0.0982. The number of halogens is 1. The predicted molar refractivity (Wildman–Crippen MR) is 91.5 cm³/mol. The Bertz CT molecular complexity index is 674. The van der Waals surface area contributed by atoms with Crippen LogP contribution >= 0.6 is 11.6 Å². The van der Waals surface area contributed by atoms with Gasteiger partial charge in [0, 0.05) is 24.8 Å². The van der Waals surface area contributed by atoms with Gasteiger partial charge in [-0.05, 0) is 25.0 Å². The van der Waals surface area contributed by atoms with Crippen LogP contribution in [0.4, 0.5) is 17.5 Å². The molecule has 0 spiro atoms. The Balaban J connectivity index is 1.69.